The topological polar surface area (TPSA) is 65.2 Å². The van der Waals surface area contributed by atoms with E-state index in [1.807, 2.05) is 6.07 Å². The molecule has 0 amide bonds. The van der Waals surface area contributed by atoms with Crippen molar-refractivity contribution in [3.05, 3.63) is 54.1 Å². The summed E-state index contributed by atoms with van der Waals surface area (Å²) in [5.41, 5.74) is 1.25. The molecule has 0 saturated heterocycles. The van der Waals surface area contributed by atoms with Crippen molar-refractivity contribution in [3.63, 3.8) is 0 Å². The third kappa shape index (κ3) is 2.84. The molecule has 0 atom stereocenters. The number of aromatic nitrogens is 5. The van der Waals surface area contributed by atoms with E-state index in [2.05, 4.69) is 20.1 Å². The van der Waals surface area contributed by atoms with E-state index in [4.69, 9.17) is 4.74 Å². The van der Waals surface area contributed by atoms with Crippen LogP contribution in [0.15, 0.2) is 42.6 Å². The quantitative estimate of drug-likeness (QED) is 0.553. The molecule has 126 valence electrons. The number of rotatable bonds is 2. The van der Waals surface area contributed by atoms with Gasteiger partial charge in [0.15, 0.2) is 0 Å². The van der Waals surface area contributed by atoms with Crippen LogP contribution < -0.4 is 4.74 Å². The van der Waals surface area contributed by atoms with Crippen LogP contribution >= 0.6 is 0 Å². The van der Waals surface area contributed by atoms with Gasteiger partial charge in [0, 0.05) is 23.3 Å². The van der Waals surface area contributed by atoms with Crippen LogP contribution in [0.4, 0.5) is 13.2 Å². The lowest BCUT2D eigenvalue weighted by atomic mass is 10.2. The van der Waals surface area contributed by atoms with Gasteiger partial charge in [-0.15, -0.1) is 5.10 Å². The summed E-state index contributed by atoms with van der Waals surface area (Å²) in [6.45, 7) is 1.64. The van der Waals surface area contributed by atoms with Gasteiger partial charge < -0.3 is 4.74 Å². The van der Waals surface area contributed by atoms with Gasteiger partial charge in [-0.25, -0.2) is 4.98 Å². The highest BCUT2D eigenvalue weighted by molar-refractivity contribution is 5.79. The normalized spacial score (nSPS) is 12.0. The highest BCUT2D eigenvalue weighted by atomic mass is 19.4. The van der Waals surface area contributed by atoms with E-state index in [0.717, 1.165) is 15.4 Å². The minimum Gasteiger partial charge on any atom is -0.439 e. The highest BCUT2D eigenvalue weighted by Gasteiger charge is 2.37. The second-order valence-corrected chi connectivity index (χ2v) is 5.34. The van der Waals surface area contributed by atoms with Gasteiger partial charge in [0.1, 0.15) is 5.75 Å². The number of fused-ring (bicyclic) bond motifs is 2. The van der Waals surface area contributed by atoms with Crippen LogP contribution in [-0.2, 0) is 6.18 Å². The van der Waals surface area contributed by atoms with Gasteiger partial charge in [-0.05, 0) is 31.2 Å². The van der Waals surface area contributed by atoms with Crippen molar-refractivity contribution in [3.8, 4) is 11.6 Å². The standard InChI is InChI=1S/C16H10F3N5O/c1-9-7-13(24-15(21-9)22-14(23-24)16(17,18)19)25-11-4-5-12-10(8-11)3-2-6-20-12/h2-8H,1H3. The van der Waals surface area contributed by atoms with Gasteiger partial charge in [-0.1, -0.05) is 6.07 Å². The van der Waals surface area contributed by atoms with Crippen molar-refractivity contribution < 1.29 is 17.9 Å². The lowest BCUT2D eigenvalue weighted by Crippen LogP contribution is -2.07. The summed E-state index contributed by atoms with van der Waals surface area (Å²) in [6, 6.07) is 10.3. The average Bonchev–Trinajstić information content (AvgIpc) is 2.99. The summed E-state index contributed by atoms with van der Waals surface area (Å²) in [7, 11) is 0. The monoisotopic (exact) mass is 345 g/mol. The van der Waals surface area contributed by atoms with Crippen molar-refractivity contribution in [2.75, 3.05) is 0 Å². The summed E-state index contributed by atoms with van der Waals surface area (Å²) < 4.78 is 45.2. The van der Waals surface area contributed by atoms with Crippen LogP contribution in [0.2, 0.25) is 0 Å². The molecule has 0 bridgehead atoms. The van der Waals surface area contributed by atoms with Gasteiger partial charge in [0.25, 0.3) is 11.6 Å². The molecular weight excluding hydrogens is 335 g/mol. The molecule has 6 nitrogen and oxygen atoms in total. The lowest BCUT2D eigenvalue weighted by Gasteiger charge is -2.08. The molecule has 3 heterocycles. The molecule has 0 N–H and O–H groups in total. The Morgan fingerprint density at radius 3 is 2.72 bits per heavy atom. The molecule has 4 rings (SSSR count). The fraction of sp³-hybridized carbons (Fsp3) is 0.125. The van der Waals surface area contributed by atoms with E-state index in [-0.39, 0.29) is 11.7 Å². The number of hydrogen-bond acceptors (Lipinski definition) is 5. The van der Waals surface area contributed by atoms with Gasteiger partial charge >= 0.3 is 6.18 Å². The Hall–Kier alpha value is -3.23. The minimum absolute atomic E-state index is 0.0914. The van der Waals surface area contributed by atoms with Gasteiger partial charge in [-0.2, -0.15) is 22.7 Å². The first-order valence-corrected chi connectivity index (χ1v) is 7.24. The van der Waals surface area contributed by atoms with Gasteiger partial charge in [-0.3, -0.25) is 4.98 Å². The molecule has 0 aliphatic heterocycles. The predicted octanol–water partition coefficient (Wildman–Crippen LogP) is 3.79. The molecule has 1 aromatic carbocycles. The van der Waals surface area contributed by atoms with Crippen molar-refractivity contribution in [2.45, 2.75) is 13.1 Å². The largest absolute Gasteiger partial charge is 0.453 e. The predicted molar refractivity (Wildman–Crippen MR) is 82.3 cm³/mol. The zero-order valence-electron chi connectivity index (χ0n) is 12.8. The Bertz CT molecular complexity index is 1090. The number of benzene rings is 1. The van der Waals surface area contributed by atoms with Crippen LogP contribution in [0.25, 0.3) is 16.7 Å². The smallest absolute Gasteiger partial charge is 0.439 e. The molecule has 0 aliphatic carbocycles. The first-order valence-electron chi connectivity index (χ1n) is 7.24. The molecule has 0 spiro atoms. The number of hydrogen-bond donors (Lipinski definition) is 0. The molecule has 0 saturated carbocycles. The van der Waals surface area contributed by atoms with Crippen LogP contribution in [0.5, 0.6) is 11.6 Å². The number of nitrogens with zero attached hydrogens (tertiary/aromatic N) is 5. The summed E-state index contributed by atoms with van der Waals surface area (Å²) in [4.78, 5) is 11.6. The Morgan fingerprint density at radius 1 is 1.08 bits per heavy atom. The molecule has 4 aromatic rings. The van der Waals surface area contributed by atoms with Crippen molar-refractivity contribution in [2.24, 2.45) is 0 Å². The maximum atomic E-state index is 12.8. The number of ether oxygens (including phenoxy) is 1. The fourth-order valence-electron chi connectivity index (χ4n) is 2.38. The van der Waals surface area contributed by atoms with E-state index in [0.29, 0.717) is 11.4 Å². The van der Waals surface area contributed by atoms with E-state index in [1.165, 1.54) is 6.07 Å². The SMILES string of the molecule is Cc1cc(Oc2ccc3ncccc3c2)n2nc(C(F)(F)F)nc2n1. The van der Waals surface area contributed by atoms with E-state index in [9.17, 15) is 13.2 Å². The number of pyridine rings is 1. The van der Waals surface area contributed by atoms with E-state index < -0.39 is 12.0 Å². The highest BCUT2D eigenvalue weighted by Crippen LogP contribution is 2.29. The first-order chi connectivity index (χ1) is 11.9. The molecular formula is C16H10F3N5O. The Morgan fingerprint density at radius 2 is 1.92 bits per heavy atom. The van der Waals surface area contributed by atoms with Crippen LogP contribution in [0.3, 0.4) is 0 Å². The molecule has 0 unspecified atom stereocenters. The molecule has 9 heteroatoms. The number of aryl methyl sites for hydroxylation is 1. The van der Waals surface area contributed by atoms with Crippen molar-refractivity contribution >= 4 is 16.7 Å². The molecule has 25 heavy (non-hydrogen) atoms. The zero-order valence-corrected chi connectivity index (χ0v) is 12.8. The molecule has 3 aromatic heterocycles. The van der Waals surface area contributed by atoms with Crippen molar-refractivity contribution in [1.82, 2.24) is 24.6 Å². The van der Waals surface area contributed by atoms with Crippen molar-refractivity contribution in [1.29, 1.82) is 0 Å². The molecule has 0 radical (unpaired) electrons. The Balaban J connectivity index is 1.80. The number of alkyl halides is 3. The van der Waals surface area contributed by atoms with E-state index in [1.54, 1.807) is 37.4 Å². The molecule has 0 aliphatic rings. The summed E-state index contributed by atoms with van der Waals surface area (Å²) in [5, 5.41) is 4.31. The lowest BCUT2D eigenvalue weighted by molar-refractivity contribution is -0.144. The van der Waals surface area contributed by atoms with Gasteiger partial charge in [0.05, 0.1) is 5.52 Å². The fourth-order valence-corrected chi connectivity index (χ4v) is 2.38. The third-order valence-corrected chi connectivity index (χ3v) is 3.46. The Labute approximate surface area is 138 Å². The molecule has 0 fully saturated rings. The minimum atomic E-state index is -4.66. The maximum Gasteiger partial charge on any atom is 0.453 e. The average molecular weight is 345 g/mol. The van der Waals surface area contributed by atoms with Crippen LogP contribution in [0.1, 0.15) is 11.5 Å². The first kappa shape index (κ1) is 15.3. The second-order valence-electron chi connectivity index (χ2n) is 5.34. The number of halogens is 3. The van der Waals surface area contributed by atoms with Crippen LogP contribution in [0, 0.1) is 6.92 Å². The van der Waals surface area contributed by atoms with Crippen LogP contribution in [-0.4, -0.2) is 24.6 Å². The summed E-state index contributed by atoms with van der Waals surface area (Å²) in [6.07, 6.45) is -2.99. The van der Waals surface area contributed by atoms with E-state index >= 15 is 0 Å². The summed E-state index contributed by atoms with van der Waals surface area (Å²) in [5.74, 6) is -0.909. The Kier molecular flexibility index (Phi) is 3.31. The zero-order chi connectivity index (χ0) is 17.6. The third-order valence-electron chi connectivity index (χ3n) is 3.46. The van der Waals surface area contributed by atoms with Gasteiger partial charge in [0.2, 0.25) is 5.88 Å². The maximum absolute atomic E-state index is 12.8. The second kappa shape index (κ2) is 5.40. The summed E-state index contributed by atoms with van der Waals surface area (Å²) >= 11 is 0.